The maximum Gasteiger partial charge on any atom is 0.253 e. The van der Waals surface area contributed by atoms with Crippen LogP contribution in [0.4, 0.5) is 15.8 Å². The van der Waals surface area contributed by atoms with E-state index in [-0.39, 0.29) is 18.3 Å². The fourth-order valence-electron chi connectivity index (χ4n) is 1.70. The van der Waals surface area contributed by atoms with Crippen LogP contribution in [0.2, 0.25) is 0 Å². The van der Waals surface area contributed by atoms with E-state index in [0.717, 1.165) is 0 Å². The normalized spacial score (nSPS) is 10.2. The highest BCUT2D eigenvalue weighted by atomic mass is 19.1. The van der Waals surface area contributed by atoms with Crippen molar-refractivity contribution >= 4 is 17.3 Å². The fraction of sp³-hybridized carbons (Fsp3) is 0.0714. The van der Waals surface area contributed by atoms with E-state index in [4.69, 9.17) is 11.5 Å². The van der Waals surface area contributed by atoms with Crippen molar-refractivity contribution in [3.05, 3.63) is 59.4 Å². The summed E-state index contributed by atoms with van der Waals surface area (Å²) in [6, 6.07) is 10.9. The van der Waals surface area contributed by atoms with Crippen LogP contribution in [0.1, 0.15) is 15.9 Å². The van der Waals surface area contributed by atoms with E-state index in [1.54, 1.807) is 30.3 Å². The molecule has 5 heteroatoms. The third-order valence-corrected chi connectivity index (χ3v) is 2.72. The number of benzene rings is 2. The Balaban J connectivity index is 2.08. The Kier molecular flexibility index (Phi) is 3.66. The second-order valence-electron chi connectivity index (χ2n) is 4.12. The summed E-state index contributed by atoms with van der Waals surface area (Å²) in [5.74, 6) is -0.714. The first-order valence-electron chi connectivity index (χ1n) is 5.74. The second-order valence-corrected chi connectivity index (χ2v) is 4.12. The van der Waals surface area contributed by atoms with Crippen LogP contribution in [0.25, 0.3) is 0 Å². The van der Waals surface area contributed by atoms with E-state index >= 15 is 0 Å². The minimum absolute atomic E-state index is 0.106. The van der Waals surface area contributed by atoms with Crippen molar-refractivity contribution in [3.8, 4) is 0 Å². The van der Waals surface area contributed by atoms with E-state index in [9.17, 15) is 9.18 Å². The molecule has 0 fully saturated rings. The first kappa shape index (κ1) is 12.9. The average Bonchev–Trinajstić information content (AvgIpc) is 2.37. The van der Waals surface area contributed by atoms with Gasteiger partial charge in [-0.2, -0.15) is 0 Å². The summed E-state index contributed by atoms with van der Waals surface area (Å²) in [4.78, 5) is 11.9. The summed E-state index contributed by atoms with van der Waals surface area (Å²) >= 11 is 0. The largest absolute Gasteiger partial charge is 0.399 e. The van der Waals surface area contributed by atoms with Gasteiger partial charge in [0.05, 0.1) is 5.56 Å². The van der Waals surface area contributed by atoms with Crippen molar-refractivity contribution in [1.82, 2.24) is 5.32 Å². The smallest absolute Gasteiger partial charge is 0.253 e. The molecule has 0 spiro atoms. The minimum atomic E-state index is -0.360. The Morgan fingerprint density at radius 1 is 1.16 bits per heavy atom. The molecule has 5 N–H and O–H groups in total. The quantitative estimate of drug-likeness (QED) is 0.736. The van der Waals surface area contributed by atoms with E-state index in [1.165, 1.54) is 12.1 Å². The topological polar surface area (TPSA) is 81.1 Å². The molecule has 0 unspecified atom stereocenters. The number of hydrogen-bond donors (Lipinski definition) is 3. The van der Waals surface area contributed by atoms with Gasteiger partial charge in [0.15, 0.2) is 0 Å². The molecular formula is C14H14FN3O. The number of halogens is 1. The highest BCUT2D eigenvalue weighted by Crippen LogP contribution is 2.15. The Hall–Kier alpha value is -2.56. The van der Waals surface area contributed by atoms with Crippen LogP contribution in [0.15, 0.2) is 42.5 Å². The van der Waals surface area contributed by atoms with Gasteiger partial charge < -0.3 is 16.8 Å². The zero-order chi connectivity index (χ0) is 13.8. The van der Waals surface area contributed by atoms with Gasteiger partial charge in [-0.3, -0.25) is 4.79 Å². The molecule has 0 aliphatic carbocycles. The molecule has 0 aromatic heterocycles. The number of carbonyl (C=O) groups is 1. The molecule has 0 aliphatic heterocycles. The van der Waals surface area contributed by atoms with Gasteiger partial charge in [0.25, 0.3) is 5.91 Å². The number of carbonyl (C=O) groups excluding carboxylic acids is 1. The Labute approximate surface area is 110 Å². The molecule has 0 saturated carbocycles. The lowest BCUT2D eigenvalue weighted by Crippen LogP contribution is -2.24. The third kappa shape index (κ3) is 3.01. The van der Waals surface area contributed by atoms with Crippen LogP contribution >= 0.6 is 0 Å². The van der Waals surface area contributed by atoms with E-state index < -0.39 is 0 Å². The van der Waals surface area contributed by atoms with Gasteiger partial charge in [-0.1, -0.05) is 18.2 Å². The van der Waals surface area contributed by atoms with E-state index in [2.05, 4.69) is 5.32 Å². The number of amides is 1. The van der Waals surface area contributed by atoms with Crippen LogP contribution in [0.3, 0.4) is 0 Å². The molecular weight excluding hydrogens is 245 g/mol. The highest BCUT2D eigenvalue weighted by molar-refractivity contribution is 5.99. The number of anilines is 2. The number of nitrogens with one attached hydrogen (secondary N) is 1. The van der Waals surface area contributed by atoms with Crippen LogP contribution in [-0.4, -0.2) is 5.91 Å². The SMILES string of the molecule is Nc1ccc(C(=O)NCc2ccccc2F)c(N)c1. The lowest BCUT2D eigenvalue weighted by molar-refractivity contribution is 0.0951. The lowest BCUT2D eigenvalue weighted by atomic mass is 10.1. The van der Waals surface area contributed by atoms with Crippen LogP contribution in [-0.2, 0) is 6.54 Å². The fourth-order valence-corrected chi connectivity index (χ4v) is 1.70. The molecule has 4 nitrogen and oxygen atoms in total. The van der Waals surface area contributed by atoms with Gasteiger partial charge in [-0.15, -0.1) is 0 Å². The average molecular weight is 259 g/mol. The second kappa shape index (κ2) is 5.39. The minimum Gasteiger partial charge on any atom is -0.399 e. The lowest BCUT2D eigenvalue weighted by Gasteiger charge is -2.08. The predicted molar refractivity (Wildman–Crippen MR) is 72.8 cm³/mol. The van der Waals surface area contributed by atoms with Crippen molar-refractivity contribution in [2.75, 3.05) is 11.5 Å². The first-order chi connectivity index (χ1) is 9.08. The third-order valence-electron chi connectivity index (χ3n) is 2.72. The molecule has 0 aliphatic rings. The molecule has 0 heterocycles. The maximum atomic E-state index is 13.4. The molecule has 1 amide bonds. The maximum absolute atomic E-state index is 13.4. The van der Waals surface area contributed by atoms with Gasteiger partial charge in [-0.05, 0) is 24.3 Å². The van der Waals surface area contributed by atoms with E-state index in [1.807, 2.05) is 0 Å². The molecule has 19 heavy (non-hydrogen) atoms. The Bertz CT molecular complexity index is 613. The van der Waals surface area contributed by atoms with Crippen molar-refractivity contribution in [1.29, 1.82) is 0 Å². The number of rotatable bonds is 3. The van der Waals surface area contributed by atoms with Gasteiger partial charge in [0.2, 0.25) is 0 Å². The molecule has 2 aromatic rings. The molecule has 0 radical (unpaired) electrons. The van der Waals surface area contributed by atoms with Gasteiger partial charge in [-0.25, -0.2) is 4.39 Å². The summed E-state index contributed by atoms with van der Waals surface area (Å²) in [5, 5.41) is 2.62. The van der Waals surface area contributed by atoms with Crippen LogP contribution in [0, 0.1) is 5.82 Å². The zero-order valence-electron chi connectivity index (χ0n) is 10.2. The van der Waals surface area contributed by atoms with Crippen molar-refractivity contribution in [2.24, 2.45) is 0 Å². The van der Waals surface area contributed by atoms with Crippen molar-refractivity contribution < 1.29 is 9.18 Å². The predicted octanol–water partition coefficient (Wildman–Crippen LogP) is 1.92. The molecule has 0 atom stereocenters. The molecule has 0 saturated heterocycles. The molecule has 98 valence electrons. The number of nitrogen functional groups attached to an aromatic ring is 2. The summed E-state index contributed by atoms with van der Waals surface area (Å²) in [5.41, 5.74) is 12.8. The summed E-state index contributed by atoms with van der Waals surface area (Å²) in [6.45, 7) is 0.106. The number of nitrogens with two attached hydrogens (primary N) is 2. The Morgan fingerprint density at radius 3 is 2.58 bits per heavy atom. The number of hydrogen-bond acceptors (Lipinski definition) is 3. The monoisotopic (exact) mass is 259 g/mol. The molecule has 0 bridgehead atoms. The summed E-state index contributed by atoms with van der Waals surface area (Å²) < 4.78 is 13.4. The van der Waals surface area contributed by atoms with Crippen molar-refractivity contribution in [2.45, 2.75) is 6.54 Å². The van der Waals surface area contributed by atoms with Crippen LogP contribution < -0.4 is 16.8 Å². The van der Waals surface area contributed by atoms with Crippen molar-refractivity contribution in [3.63, 3.8) is 0 Å². The summed E-state index contributed by atoms with van der Waals surface area (Å²) in [7, 11) is 0. The van der Waals surface area contributed by atoms with E-state index in [0.29, 0.717) is 22.5 Å². The first-order valence-corrected chi connectivity index (χ1v) is 5.74. The van der Waals surface area contributed by atoms with Gasteiger partial charge in [0.1, 0.15) is 5.82 Å². The zero-order valence-corrected chi connectivity index (χ0v) is 10.2. The summed E-state index contributed by atoms with van der Waals surface area (Å²) in [6.07, 6.45) is 0. The standard InChI is InChI=1S/C14H14FN3O/c15-12-4-2-1-3-9(12)8-18-14(19)11-6-5-10(16)7-13(11)17/h1-7H,8,16-17H2,(H,18,19). The molecule has 2 rings (SSSR count). The highest BCUT2D eigenvalue weighted by Gasteiger charge is 2.10. The van der Waals surface area contributed by atoms with Gasteiger partial charge >= 0.3 is 0 Å². The Morgan fingerprint density at radius 2 is 1.89 bits per heavy atom. The van der Waals surface area contributed by atoms with Gasteiger partial charge in [0, 0.05) is 23.5 Å². The van der Waals surface area contributed by atoms with Crippen LogP contribution in [0.5, 0.6) is 0 Å². The molecule has 2 aromatic carbocycles.